The van der Waals surface area contributed by atoms with Crippen molar-refractivity contribution in [1.82, 2.24) is 14.9 Å². The fraction of sp³-hybridized carbons (Fsp3) is 0.227. The molecule has 0 radical (unpaired) electrons. The van der Waals surface area contributed by atoms with Crippen LogP contribution in [-0.2, 0) is 6.54 Å². The van der Waals surface area contributed by atoms with E-state index in [2.05, 4.69) is 15.3 Å². The van der Waals surface area contributed by atoms with E-state index in [1.54, 1.807) is 18.0 Å². The summed E-state index contributed by atoms with van der Waals surface area (Å²) in [5, 5.41) is 3.29. The standard InChI is InChI=1S/C22H24N4O/c1-16-14-20(21(27)26(3)15-18-10-6-4-7-11-18)25-22(23-16)24-17(2)19-12-8-5-9-13-19/h4-14,17H,15H2,1-3H3,(H,23,24,25). The van der Waals surface area contributed by atoms with Crippen LogP contribution in [0.5, 0.6) is 0 Å². The van der Waals surface area contributed by atoms with E-state index in [4.69, 9.17) is 0 Å². The van der Waals surface area contributed by atoms with Gasteiger partial charge in [0.15, 0.2) is 0 Å². The second kappa shape index (κ2) is 8.45. The fourth-order valence-electron chi connectivity index (χ4n) is 2.89. The van der Waals surface area contributed by atoms with Gasteiger partial charge in [-0.1, -0.05) is 60.7 Å². The molecule has 1 amide bonds. The number of nitrogens with one attached hydrogen (secondary N) is 1. The molecule has 1 unspecified atom stereocenters. The van der Waals surface area contributed by atoms with Crippen LogP contribution in [0, 0.1) is 6.92 Å². The molecule has 0 saturated carbocycles. The molecule has 1 N–H and O–H groups in total. The van der Waals surface area contributed by atoms with Crippen LogP contribution in [0.1, 0.15) is 40.3 Å². The molecule has 0 bridgehead atoms. The quantitative estimate of drug-likeness (QED) is 0.715. The minimum atomic E-state index is -0.125. The Hall–Kier alpha value is -3.21. The molecule has 0 aliphatic carbocycles. The topological polar surface area (TPSA) is 58.1 Å². The third kappa shape index (κ3) is 4.91. The second-order valence-corrected chi connectivity index (χ2v) is 6.64. The zero-order chi connectivity index (χ0) is 19.2. The van der Waals surface area contributed by atoms with Crippen molar-refractivity contribution in [3.8, 4) is 0 Å². The van der Waals surface area contributed by atoms with E-state index < -0.39 is 0 Å². The molecule has 3 rings (SSSR count). The summed E-state index contributed by atoms with van der Waals surface area (Å²) in [4.78, 5) is 23.4. The van der Waals surface area contributed by atoms with Gasteiger partial charge in [-0.05, 0) is 31.0 Å². The summed E-state index contributed by atoms with van der Waals surface area (Å²) in [5.74, 6) is 0.336. The van der Waals surface area contributed by atoms with E-state index in [0.29, 0.717) is 18.2 Å². The van der Waals surface area contributed by atoms with E-state index in [1.165, 1.54) is 0 Å². The molecule has 3 aromatic rings. The van der Waals surface area contributed by atoms with Gasteiger partial charge in [-0.15, -0.1) is 0 Å². The zero-order valence-corrected chi connectivity index (χ0v) is 15.9. The van der Waals surface area contributed by atoms with Gasteiger partial charge in [0.1, 0.15) is 5.69 Å². The number of anilines is 1. The normalized spacial score (nSPS) is 11.7. The number of carbonyl (C=O) groups is 1. The summed E-state index contributed by atoms with van der Waals surface area (Å²) >= 11 is 0. The average Bonchev–Trinajstić information content (AvgIpc) is 2.68. The molecular weight excluding hydrogens is 336 g/mol. The van der Waals surface area contributed by atoms with E-state index in [1.807, 2.05) is 74.5 Å². The summed E-state index contributed by atoms with van der Waals surface area (Å²) in [5.41, 5.74) is 3.36. The molecule has 5 heteroatoms. The van der Waals surface area contributed by atoms with Gasteiger partial charge in [-0.3, -0.25) is 4.79 Å². The van der Waals surface area contributed by atoms with Crippen LogP contribution >= 0.6 is 0 Å². The predicted octanol–water partition coefficient (Wildman–Crippen LogP) is 4.23. The van der Waals surface area contributed by atoms with Crippen LogP contribution < -0.4 is 5.32 Å². The van der Waals surface area contributed by atoms with Crippen LogP contribution in [0.25, 0.3) is 0 Å². The van der Waals surface area contributed by atoms with Crippen molar-refractivity contribution in [2.24, 2.45) is 0 Å². The molecular formula is C22H24N4O. The first kappa shape index (κ1) is 18.6. The Bertz CT molecular complexity index is 897. The van der Waals surface area contributed by atoms with Crippen molar-refractivity contribution in [2.75, 3.05) is 12.4 Å². The SMILES string of the molecule is Cc1cc(C(=O)N(C)Cc2ccccc2)nc(NC(C)c2ccccc2)n1. The van der Waals surface area contributed by atoms with Crippen molar-refractivity contribution >= 4 is 11.9 Å². The molecule has 0 fully saturated rings. The van der Waals surface area contributed by atoms with Crippen LogP contribution in [-0.4, -0.2) is 27.8 Å². The molecule has 0 saturated heterocycles. The molecule has 1 heterocycles. The number of amides is 1. The number of carbonyl (C=O) groups excluding carboxylic acids is 1. The number of rotatable bonds is 6. The van der Waals surface area contributed by atoms with Gasteiger partial charge in [-0.2, -0.15) is 0 Å². The zero-order valence-electron chi connectivity index (χ0n) is 15.9. The van der Waals surface area contributed by atoms with Gasteiger partial charge < -0.3 is 10.2 Å². The first-order valence-electron chi connectivity index (χ1n) is 8.99. The summed E-state index contributed by atoms with van der Waals surface area (Å²) in [6.07, 6.45) is 0. The maximum atomic E-state index is 12.8. The summed E-state index contributed by atoms with van der Waals surface area (Å²) in [6.45, 7) is 4.45. The van der Waals surface area contributed by atoms with E-state index in [0.717, 1.165) is 16.8 Å². The maximum absolute atomic E-state index is 12.8. The highest BCUT2D eigenvalue weighted by Gasteiger charge is 2.16. The average molecular weight is 360 g/mol. The lowest BCUT2D eigenvalue weighted by atomic mass is 10.1. The largest absolute Gasteiger partial charge is 0.348 e. The van der Waals surface area contributed by atoms with Crippen molar-refractivity contribution in [2.45, 2.75) is 26.4 Å². The van der Waals surface area contributed by atoms with Crippen LogP contribution in [0.3, 0.4) is 0 Å². The highest BCUT2D eigenvalue weighted by Crippen LogP contribution is 2.17. The van der Waals surface area contributed by atoms with Gasteiger partial charge >= 0.3 is 0 Å². The first-order valence-corrected chi connectivity index (χ1v) is 8.99. The number of nitrogens with zero attached hydrogens (tertiary/aromatic N) is 3. The number of aromatic nitrogens is 2. The molecule has 27 heavy (non-hydrogen) atoms. The fourth-order valence-corrected chi connectivity index (χ4v) is 2.89. The Kier molecular flexibility index (Phi) is 5.81. The molecule has 1 atom stereocenters. The minimum Gasteiger partial charge on any atom is -0.348 e. The Morgan fingerprint density at radius 1 is 1.04 bits per heavy atom. The van der Waals surface area contributed by atoms with E-state index in [-0.39, 0.29) is 11.9 Å². The molecule has 0 aliphatic rings. The highest BCUT2D eigenvalue weighted by atomic mass is 16.2. The number of hydrogen-bond acceptors (Lipinski definition) is 4. The van der Waals surface area contributed by atoms with E-state index >= 15 is 0 Å². The Balaban J connectivity index is 1.75. The molecule has 0 spiro atoms. The third-order valence-electron chi connectivity index (χ3n) is 4.33. The smallest absolute Gasteiger partial charge is 0.272 e. The molecule has 5 nitrogen and oxygen atoms in total. The molecule has 1 aromatic heterocycles. The Morgan fingerprint density at radius 3 is 2.33 bits per heavy atom. The summed E-state index contributed by atoms with van der Waals surface area (Å²) in [7, 11) is 1.78. The van der Waals surface area contributed by atoms with Crippen molar-refractivity contribution in [3.63, 3.8) is 0 Å². The Morgan fingerprint density at radius 2 is 1.67 bits per heavy atom. The predicted molar refractivity (Wildman–Crippen MR) is 107 cm³/mol. The molecule has 2 aromatic carbocycles. The van der Waals surface area contributed by atoms with Crippen molar-refractivity contribution < 1.29 is 4.79 Å². The molecule has 0 aliphatic heterocycles. The Labute approximate surface area is 160 Å². The second-order valence-electron chi connectivity index (χ2n) is 6.64. The summed E-state index contributed by atoms with van der Waals surface area (Å²) in [6, 6.07) is 21.7. The van der Waals surface area contributed by atoms with Gasteiger partial charge in [0.2, 0.25) is 5.95 Å². The lowest BCUT2D eigenvalue weighted by Gasteiger charge is -2.18. The third-order valence-corrected chi connectivity index (χ3v) is 4.33. The van der Waals surface area contributed by atoms with Gasteiger partial charge in [0.05, 0.1) is 6.04 Å². The van der Waals surface area contributed by atoms with Gasteiger partial charge in [0, 0.05) is 19.3 Å². The summed E-state index contributed by atoms with van der Waals surface area (Å²) < 4.78 is 0. The van der Waals surface area contributed by atoms with Crippen LogP contribution in [0.2, 0.25) is 0 Å². The van der Waals surface area contributed by atoms with Crippen molar-refractivity contribution in [1.29, 1.82) is 0 Å². The minimum absolute atomic E-state index is 0.0398. The number of aryl methyl sites for hydroxylation is 1. The van der Waals surface area contributed by atoms with Crippen molar-refractivity contribution in [3.05, 3.63) is 89.2 Å². The monoisotopic (exact) mass is 360 g/mol. The number of hydrogen-bond donors (Lipinski definition) is 1. The van der Waals surface area contributed by atoms with Crippen LogP contribution in [0.4, 0.5) is 5.95 Å². The number of benzene rings is 2. The van der Waals surface area contributed by atoms with Crippen LogP contribution in [0.15, 0.2) is 66.7 Å². The maximum Gasteiger partial charge on any atom is 0.272 e. The highest BCUT2D eigenvalue weighted by molar-refractivity contribution is 5.92. The van der Waals surface area contributed by atoms with E-state index in [9.17, 15) is 4.79 Å². The molecule has 138 valence electrons. The first-order chi connectivity index (χ1) is 13.0. The van der Waals surface area contributed by atoms with Gasteiger partial charge in [0.25, 0.3) is 5.91 Å². The lowest BCUT2D eigenvalue weighted by molar-refractivity contribution is 0.0779. The van der Waals surface area contributed by atoms with Gasteiger partial charge in [-0.25, -0.2) is 9.97 Å². The lowest BCUT2D eigenvalue weighted by Crippen LogP contribution is -2.27.